The first-order chi connectivity index (χ1) is 11.8. The predicted octanol–water partition coefficient (Wildman–Crippen LogP) is 4.55. The van der Waals surface area contributed by atoms with Crippen molar-refractivity contribution in [1.29, 1.82) is 0 Å². The zero-order chi connectivity index (χ0) is 16.4. The van der Waals surface area contributed by atoms with E-state index in [9.17, 15) is 0 Å². The van der Waals surface area contributed by atoms with E-state index in [1.54, 1.807) is 23.9 Å². The fraction of sp³-hybridized carbons (Fsp3) is 0.158. The van der Waals surface area contributed by atoms with Crippen LogP contribution in [0.2, 0.25) is 0 Å². The molecule has 2 aromatic heterocycles. The van der Waals surface area contributed by atoms with Gasteiger partial charge in [-0.1, -0.05) is 24.3 Å². The van der Waals surface area contributed by atoms with E-state index in [0.717, 1.165) is 33.9 Å². The minimum atomic E-state index is 0.603. The molecule has 120 valence electrons. The predicted molar refractivity (Wildman–Crippen MR) is 97.5 cm³/mol. The molecule has 0 unspecified atom stereocenters. The van der Waals surface area contributed by atoms with Crippen LogP contribution in [0.3, 0.4) is 0 Å². The molecular weight excluding hydrogens is 318 g/mol. The SMILES string of the molecule is Cc1nc2cc(-c3ccccc3OCCn3ccnc3)ccc2s1. The summed E-state index contributed by atoms with van der Waals surface area (Å²) in [7, 11) is 0. The molecule has 0 saturated heterocycles. The van der Waals surface area contributed by atoms with Gasteiger partial charge >= 0.3 is 0 Å². The highest BCUT2D eigenvalue weighted by Gasteiger charge is 2.08. The van der Waals surface area contributed by atoms with Crippen LogP contribution in [0, 0.1) is 6.92 Å². The summed E-state index contributed by atoms with van der Waals surface area (Å²) in [4.78, 5) is 8.64. The van der Waals surface area contributed by atoms with Gasteiger partial charge in [-0.15, -0.1) is 11.3 Å². The van der Waals surface area contributed by atoms with Gasteiger partial charge in [0.05, 0.1) is 28.1 Å². The van der Waals surface area contributed by atoms with E-state index < -0.39 is 0 Å². The van der Waals surface area contributed by atoms with Crippen molar-refractivity contribution in [3.05, 3.63) is 66.2 Å². The largest absolute Gasteiger partial charge is 0.491 e. The molecule has 2 heterocycles. The molecule has 24 heavy (non-hydrogen) atoms. The first-order valence-corrected chi connectivity index (χ1v) is 8.66. The summed E-state index contributed by atoms with van der Waals surface area (Å²) < 4.78 is 9.24. The van der Waals surface area contributed by atoms with Gasteiger partial charge < -0.3 is 9.30 Å². The van der Waals surface area contributed by atoms with Gasteiger partial charge in [0.1, 0.15) is 12.4 Å². The zero-order valence-electron chi connectivity index (χ0n) is 13.3. The molecule has 4 aromatic rings. The second-order valence-electron chi connectivity index (χ2n) is 5.56. The van der Waals surface area contributed by atoms with Crippen molar-refractivity contribution >= 4 is 21.6 Å². The first-order valence-electron chi connectivity index (χ1n) is 7.85. The standard InChI is InChI=1S/C19H17N3OS/c1-14-21-17-12-15(6-7-19(17)24-14)16-4-2-3-5-18(16)23-11-10-22-9-8-20-13-22/h2-9,12-13H,10-11H2,1H3. The maximum absolute atomic E-state index is 6.02. The topological polar surface area (TPSA) is 39.9 Å². The van der Waals surface area contributed by atoms with Gasteiger partial charge in [0.25, 0.3) is 0 Å². The summed E-state index contributed by atoms with van der Waals surface area (Å²) in [5.41, 5.74) is 3.27. The number of para-hydroxylation sites is 1. The fourth-order valence-electron chi connectivity index (χ4n) is 2.72. The highest BCUT2D eigenvalue weighted by atomic mass is 32.1. The zero-order valence-corrected chi connectivity index (χ0v) is 14.2. The minimum Gasteiger partial charge on any atom is -0.491 e. The van der Waals surface area contributed by atoms with E-state index in [1.165, 1.54) is 4.70 Å². The lowest BCUT2D eigenvalue weighted by Gasteiger charge is -2.12. The Bertz CT molecular complexity index is 960. The molecule has 0 saturated carbocycles. The number of hydrogen-bond donors (Lipinski definition) is 0. The molecule has 0 N–H and O–H groups in total. The molecular formula is C19H17N3OS. The molecule has 0 aliphatic rings. The average Bonchev–Trinajstić information content (AvgIpc) is 3.23. The highest BCUT2D eigenvalue weighted by Crippen LogP contribution is 2.33. The monoisotopic (exact) mass is 335 g/mol. The maximum Gasteiger partial charge on any atom is 0.127 e. The first kappa shape index (κ1) is 14.9. The number of thiazole rings is 1. The highest BCUT2D eigenvalue weighted by molar-refractivity contribution is 7.18. The lowest BCUT2D eigenvalue weighted by Crippen LogP contribution is -2.07. The van der Waals surface area contributed by atoms with Gasteiger partial charge in [-0.25, -0.2) is 9.97 Å². The third-order valence-corrected chi connectivity index (χ3v) is 4.81. The van der Waals surface area contributed by atoms with Crippen LogP contribution in [-0.4, -0.2) is 21.1 Å². The van der Waals surface area contributed by atoms with Crippen LogP contribution in [0.5, 0.6) is 5.75 Å². The lowest BCUT2D eigenvalue weighted by molar-refractivity contribution is 0.299. The number of nitrogens with zero attached hydrogens (tertiary/aromatic N) is 3. The van der Waals surface area contributed by atoms with Gasteiger partial charge in [0.2, 0.25) is 0 Å². The van der Waals surface area contributed by atoms with Crippen molar-refractivity contribution in [2.24, 2.45) is 0 Å². The van der Waals surface area contributed by atoms with E-state index in [4.69, 9.17) is 4.74 Å². The quantitative estimate of drug-likeness (QED) is 0.537. The van der Waals surface area contributed by atoms with Gasteiger partial charge in [-0.3, -0.25) is 0 Å². The second kappa shape index (κ2) is 6.45. The molecule has 4 nitrogen and oxygen atoms in total. The molecule has 2 aromatic carbocycles. The summed E-state index contributed by atoms with van der Waals surface area (Å²) in [6.45, 7) is 3.42. The molecule has 5 heteroatoms. The van der Waals surface area contributed by atoms with E-state index in [0.29, 0.717) is 6.61 Å². The van der Waals surface area contributed by atoms with Crippen molar-refractivity contribution in [2.75, 3.05) is 6.61 Å². The Morgan fingerprint density at radius 1 is 1.17 bits per heavy atom. The number of imidazole rings is 1. The molecule has 0 atom stereocenters. The van der Waals surface area contributed by atoms with E-state index >= 15 is 0 Å². The van der Waals surface area contributed by atoms with Crippen molar-refractivity contribution in [2.45, 2.75) is 13.5 Å². The summed E-state index contributed by atoms with van der Waals surface area (Å²) in [5, 5.41) is 1.09. The molecule has 0 aliphatic heterocycles. The number of ether oxygens (including phenoxy) is 1. The fourth-order valence-corrected chi connectivity index (χ4v) is 3.53. The van der Waals surface area contributed by atoms with Crippen LogP contribution in [0.1, 0.15) is 5.01 Å². The van der Waals surface area contributed by atoms with E-state index in [1.807, 2.05) is 35.9 Å². The number of rotatable bonds is 5. The van der Waals surface area contributed by atoms with Crippen LogP contribution in [-0.2, 0) is 6.54 Å². The van der Waals surface area contributed by atoms with Gasteiger partial charge in [-0.05, 0) is 30.7 Å². The number of hydrogen-bond acceptors (Lipinski definition) is 4. The van der Waals surface area contributed by atoms with Crippen molar-refractivity contribution < 1.29 is 4.74 Å². The Morgan fingerprint density at radius 2 is 2.08 bits per heavy atom. The van der Waals surface area contributed by atoms with E-state index in [2.05, 4.69) is 34.2 Å². The Labute approximate surface area is 144 Å². The molecule has 0 bridgehead atoms. The Morgan fingerprint density at radius 3 is 2.96 bits per heavy atom. The third kappa shape index (κ3) is 3.03. The van der Waals surface area contributed by atoms with Crippen molar-refractivity contribution in [1.82, 2.24) is 14.5 Å². The third-order valence-electron chi connectivity index (χ3n) is 3.86. The number of benzene rings is 2. The Balaban J connectivity index is 1.59. The van der Waals surface area contributed by atoms with Crippen LogP contribution in [0.4, 0.5) is 0 Å². The number of aryl methyl sites for hydroxylation is 1. The van der Waals surface area contributed by atoms with Gasteiger partial charge in [-0.2, -0.15) is 0 Å². The smallest absolute Gasteiger partial charge is 0.127 e. The van der Waals surface area contributed by atoms with Gasteiger partial charge in [0.15, 0.2) is 0 Å². The lowest BCUT2D eigenvalue weighted by atomic mass is 10.0. The molecule has 4 rings (SSSR count). The van der Waals surface area contributed by atoms with Crippen molar-refractivity contribution in [3.8, 4) is 16.9 Å². The molecule has 0 radical (unpaired) electrons. The van der Waals surface area contributed by atoms with Crippen LogP contribution < -0.4 is 4.74 Å². The second-order valence-corrected chi connectivity index (χ2v) is 6.80. The number of fused-ring (bicyclic) bond motifs is 1. The van der Waals surface area contributed by atoms with Crippen molar-refractivity contribution in [3.63, 3.8) is 0 Å². The molecule has 0 fully saturated rings. The minimum absolute atomic E-state index is 0.603. The molecule has 0 spiro atoms. The molecule has 0 amide bonds. The average molecular weight is 335 g/mol. The molecule has 0 aliphatic carbocycles. The summed E-state index contributed by atoms with van der Waals surface area (Å²) in [6, 6.07) is 14.6. The normalized spacial score (nSPS) is 11.0. The van der Waals surface area contributed by atoms with Crippen LogP contribution >= 0.6 is 11.3 Å². The van der Waals surface area contributed by atoms with Crippen LogP contribution in [0.25, 0.3) is 21.3 Å². The summed E-state index contributed by atoms with van der Waals surface area (Å²) in [6.07, 6.45) is 5.51. The Kier molecular flexibility index (Phi) is 4.01. The van der Waals surface area contributed by atoms with E-state index in [-0.39, 0.29) is 0 Å². The summed E-state index contributed by atoms with van der Waals surface area (Å²) >= 11 is 1.72. The summed E-state index contributed by atoms with van der Waals surface area (Å²) in [5.74, 6) is 0.893. The number of aromatic nitrogens is 3. The van der Waals surface area contributed by atoms with Crippen LogP contribution in [0.15, 0.2) is 61.2 Å². The maximum atomic E-state index is 6.02. The Hall–Kier alpha value is -2.66. The van der Waals surface area contributed by atoms with Gasteiger partial charge in [0, 0.05) is 18.0 Å².